The molecule has 0 aliphatic heterocycles. The standard InChI is InChI=1S/C52H41I/c1-5-7-18-38(3)52(39(4)37-53-6-2,44-21-12-9-13-22-44)45-35-33-43(34-36-45)51-48-25-16-14-23-46(48)50(47-24-15-17-26-49(47)51)42-31-29-41(30-32-42)28-27-40-19-10-8-11-20-40/h5-26,29-37H,1,3H2,2,4H3/b18-7-,39-37+. The number of halogens is 1. The van der Waals surface area contributed by atoms with Crippen LogP contribution < -0.4 is 0 Å². The Morgan fingerprint density at radius 1 is 0.566 bits per heavy atom. The summed E-state index contributed by atoms with van der Waals surface area (Å²) >= 11 is -0.201. The molecule has 53 heavy (non-hydrogen) atoms. The number of benzene rings is 7. The molecule has 0 saturated heterocycles. The lowest BCUT2D eigenvalue weighted by Crippen LogP contribution is -2.30. The Hall–Kier alpha value is -5.82. The predicted molar refractivity (Wildman–Crippen MR) is 240 cm³/mol. The number of hydrogen-bond acceptors (Lipinski definition) is 0. The van der Waals surface area contributed by atoms with Crippen molar-refractivity contribution in [3.63, 3.8) is 0 Å². The fourth-order valence-electron chi connectivity index (χ4n) is 7.51. The highest BCUT2D eigenvalue weighted by Gasteiger charge is 2.38. The Labute approximate surface area is 324 Å². The maximum atomic E-state index is 4.70. The lowest BCUT2D eigenvalue weighted by Gasteiger charge is -2.37. The smallest absolute Gasteiger partial charge is 0.0660 e. The Kier molecular flexibility index (Phi) is 10.9. The summed E-state index contributed by atoms with van der Waals surface area (Å²) in [5.41, 5.74) is 11.0. The van der Waals surface area contributed by atoms with Crippen molar-refractivity contribution in [2.45, 2.75) is 19.3 Å². The van der Waals surface area contributed by atoms with Crippen molar-refractivity contribution in [1.82, 2.24) is 0 Å². The highest BCUT2D eigenvalue weighted by molar-refractivity contribution is 14.2. The molecule has 256 valence electrons. The molecule has 7 rings (SSSR count). The van der Waals surface area contributed by atoms with E-state index in [0.717, 1.165) is 16.7 Å². The fraction of sp³-hybridized carbons (Fsp3) is 0.0577. The topological polar surface area (TPSA) is 0 Å². The molecular formula is C52H41I. The van der Waals surface area contributed by atoms with Crippen LogP contribution in [0.3, 0.4) is 0 Å². The van der Waals surface area contributed by atoms with Gasteiger partial charge < -0.3 is 0 Å². The van der Waals surface area contributed by atoms with Crippen LogP contribution in [0.2, 0.25) is 0 Å². The molecule has 1 unspecified atom stereocenters. The van der Waals surface area contributed by atoms with Gasteiger partial charge >= 0.3 is 0 Å². The lowest BCUT2D eigenvalue weighted by molar-refractivity contribution is 0.729. The van der Waals surface area contributed by atoms with E-state index in [1.54, 1.807) is 0 Å². The van der Waals surface area contributed by atoms with Crippen molar-refractivity contribution < 1.29 is 0 Å². The SMILES string of the molecule is C=C/C=C\C(=C)C(/C(C)=C/I=CC)(c1ccccc1)c1ccc(-c2c3ccccc3c(-c3ccc(C#Cc4ccccc4)cc3)c3ccccc23)cc1. The summed E-state index contributed by atoms with van der Waals surface area (Å²) in [5.74, 6) is 6.63. The largest absolute Gasteiger partial charge is 0.0991 e. The third kappa shape index (κ3) is 7.04. The van der Waals surface area contributed by atoms with Gasteiger partial charge in [-0.2, -0.15) is 0 Å². The van der Waals surface area contributed by atoms with Crippen molar-refractivity contribution in [3.05, 3.63) is 227 Å². The van der Waals surface area contributed by atoms with Gasteiger partial charge in [-0.3, -0.25) is 0 Å². The summed E-state index contributed by atoms with van der Waals surface area (Å²) in [7, 11) is 0. The van der Waals surface area contributed by atoms with Crippen LogP contribution in [-0.2, 0) is 5.41 Å². The maximum Gasteiger partial charge on any atom is 0.0660 e. The molecule has 0 aromatic heterocycles. The van der Waals surface area contributed by atoms with Crippen LogP contribution in [0.1, 0.15) is 36.1 Å². The quantitative estimate of drug-likeness (QED) is 0.0591. The van der Waals surface area contributed by atoms with Gasteiger partial charge in [-0.15, -0.1) is 0 Å². The van der Waals surface area contributed by atoms with Gasteiger partial charge in [-0.1, -0.05) is 201 Å². The van der Waals surface area contributed by atoms with E-state index in [0.29, 0.717) is 0 Å². The van der Waals surface area contributed by atoms with E-state index in [4.69, 9.17) is 6.58 Å². The zero-order valence-corrected chi connectivity index (χ0v) is 32.3. The second kappa shape index (κ2) is 16.2. The first-order valence-electron chi connectivity index (χ1n) is 17.9. The molecule has 0 spiro atoms. The van der Waals surface area contributed by atoms with E-state index in [9.17, 15) is 0 Å². The van der Waals surface area contributed by atoms with Crippen LogP contribution in [-0.4, -0.2) is 4.01 Å². The molecule has 0 amide bonds. The zero-order valence-electron chi connectivity index (χ0n) is 30.2. The molecule has 1 heteroatoms. The molecule has 0 saturated carbocycles. The molecule has 0 aliphatic carbocycles. The van der Waals surface area contributed by atoms with Gasteiger partial charge in [0.15, 0.2) is 0 Å². The summed E-state index contributed by atoms with van der Waals surface area (Å²) in [6, 6.07) is 56.5. The van der Waals surface area contributed by atoms with Crippen LogP contribution in [0, 0.1) is 11.8 Å². The first-order valence-corrected chi connectivity index (χ1v) is 20.4. The lowest BCUT2D eigenvalue weighted by atomic mass is 9.65. The van der Waals surface area contributed by atoms with Gasteiger partial charge in [0.2, 0.25) is 0 Å². The minimum absolute atomic E-state index is 0.201. The average molecular weight is 793 g/mol. The second-order valence-corrected chi connectivity index (χ2v) is 15.6. The Balaban J connectivity index is 1.39. The van der Waals surface area contributed by atoms with Crippen LogP contribution in [0.5, 0.6) is 0 Å². The number of allylic oxidation sites excluding steroid dienone is 5. The normalized spacial score (nSPS) is 13.0. The molecule has 0 radical (unpaired) electrons. The third-order valence-electron chi connectivity index (χ3n) is 9.90. The van der Waals surface area contributed by atoms with Crippen molar-refractivity contribution in [2.24, 2.45) is 0 Å². The first kappa shape index (κ1) is 35.6. The zero-order chi connectivity index (χ0) is 36.6. The van der Waals surface area contributed by atoms with E-state index in [1.165, 1.54) is 60.5 Å². The van der Waals surface area contributed by atoms with Crippen LogP contribution in [0.15, 0.2) is 204 Å². The molecule has 0 aliphatic rings. The van der Waals surface area contributed by atoms with E-state index in [1.807, 2.05) is 42.5 Å². The molecule has 0 fully saturated rings. The Morgan fingerprint density at radius 2 is 1.00 bits per heavy atom. The summed E-state index contributed by atoms with van der Waals surface area (Å²) in [6.07, 6.45) is 5.93. The van der Waals surface area contributed by atoms with Crippen molar-refractivity contribution in [3.8, 4) is 34.1 Å². The second-order valence-electron chi connectivity index (χ2n) is 13.0. The third-order valence-corrected chi connectivity index (χ3v) is 11.9. The van der Waals surface area contributed by atoms with E-state index in [-0.39, 0.29) is 20.7 Å². The summed E-state index contributed by atoms with van der Waals surface area (Å²) in [4.78, 5) is 0. The molecule has 7 aromatic rings. The summed E-state index contributed by atoms with van der Waals surface area (Å²) in [5, 5.41) is 4.92. The Bertz CT molecular complexity index is 2520. The minimum atomic E-state index is -0.520. The molecule has 0 nitrogen and oxygen atoms in total. The number of hydrogen-bond donors (Lipinski definition) is 0. The number of fused-ring (bicyclic) bond motifs is 2. The monoisotopic (exact) mass is 792 g/mol. The first-order chi connectivity index (χ1) is 26.1. The minimum Gasteiger partial charge on any atom is -0.0991 e. The molecule has 0 heterocycles. The van der Waals surface area contributed by atoms with Gasteiger partial charge in [-0.05, 0) is 108 Å². The van der Waals surface area contributed by atoms with Crippen LogP contribution in [0.25, 0.3) is 43.8 Å². The van der Waals surface area contributed by atoms with E-state index < -0.39 is 5.41 Å². The van der Waals surface area contributed by atoms with Gasteiger partial charge in [0.1, 0.15) is 0 Å². The fourth-order valence-corrected chi connectivity index (χ4v) is 8.87. The average Bonchev–Trinajstić information content (AvgIpc) is 3.22. The van der Waals surface area contributed by atoms with Gasteiger partial charge in [0, 0.05) is 11.1 Å². The molecule has 7 aromatic carbocycles. The maximum absolute atomic E-state index is 4.70. The van der Waals surface area contributed by atoms with Gasteiger partial charge in [0.25, 0.3) is 0 Å². The molecule has 0 N–H and O–H groups in total. The van der Waals surface area contributed by atoms with Gasteiger partial charge in [0.05, 0.1) is 5.41 Å². The highest BCUT2D eigenvalue weighted by Crippen LogP contribution is 2.48. The molecule has 0 bridgehead atoms. The highest BCUT2D eigenvalue weighted by atomic mass is 127. The summed E-state index contributed by atoms with van der Waals surface area (Å²) in [6.45, 7) is 13.1. The van der Waals surface area contributed by atoms with Crippen molar-refractivity contribution in [2.75, 3.05) is 0 Å². The van der Waals surface area contributed by atoms with Crippen molar-refractivity contribution >= 4 is 46.3 Å². The van der Waals surface area contributed by atoms with Crippen molar-refractivity contribution in [1.29, 1.82) is 0 Å². The van der Waals surface area contributed by atoms with E-state index >= 15 is 0 Å². The number of rotatable bonds is 9. The molecular weight excluding hydrogens is 751 g/mol. The van der Waals surface area contributed by atoms with Gasteiger partial charge in [-0.25, -0.2) is 0 Å². The predicted octanol–water partition coefficient (Wildman–Crippen LogP) is 14.0. The van der Waals surface area contributed by atoms with Crippen LogP contribution in [0.4, 0.5) is 0 Å². The Morgan fingerprint density at radius 3 is 1.49 bits per heavy atom. The van der Waals surface area contributed by atoms with Crippen LogP contribution >= 0.6 is 20.7 Å². The summed E-state index contributed by atoms with van der Waals surface area (Å²) < 4.78 is 4.74. The van der Waals surface area contributed by atoms with E-state index in [2.05, 4.69) is 174 Å². The molecule has 1 atom stereocenters.